The predicted molar refractivity (Wildman–Crippen MR) is 75.7 cm³/mol. The number of non-ortho nitro benzene ring substituents is 1. The zero-order valence-corrected chi connectivity index (χ0v) is 11.2. The second kappa shape index (κ2) is 5.34. The molecule has 0 amide bonds. The molecule has 1 atom stereocenters. The van der Waals surface area contributed by atoms with E-state index in [-0.39, 0.29) is 11.3 Å². The Hall–Kier alpha value is -2.73. The van der Waals surface area contributed by atoms with Gasteiger partial charge in [-0.2, -0.15) is 0 Å². The lowest BCUT2D eigenvalue weighted by Crippen LogP contribution is -2.31. The van der Waals surface area contributed by atoms with E-state index in [1.54, 1.807) is 24.3 Å². The number of nitrogens with zero attached hydrogens (tertiary/aromatic N) is 1. The molecule has 0 aliphatic heterocycles. The Morgan fingerprint density at radius 3 is 1.86 bits per heavy atom. The average Bonchev–Trinajstić information content (AvgIpc) is 2.47. The molecule has 0 saturated heterocycles. The lowest BCUT2D eigenvalue weighted by molar-refractivity contribution is -0.384. The van der Waals surface area contributed by atoms with Crippen molar-refractivity contribution in [1.82, 2.24) is 0 Å². The molecule has 2 N–H and O–H groups in total. The monoisotopic (exact) mass is 287 g/mol. The first-order valence-corrected chi connectivity index (χ1v) is 6.13. The zero-order valence-electron chi connectivity index (χ0n) is 11.2. The highest BCUT2D eigenvalue weighted by Crippen LogP contribution is 2.26. The van der Waals surface area contributed by atoms with Gasteiger partial charge in [-0.3, -0.25) is 10.1 Å². The molecular formula is C15H13NO5. The fraction of sp³-hybridized carbons (Fsp3) is 0.133. The quantitative estimate of drug-likeness (QED) is 0.664. The number of hydrogen-bond donors (Lipinski definition) is 2. The third-order valence-electron chi connectivity index (χ3n) is 3.27. The van der Waals surface area contributed by atoms with E-state index in [0.29, 0.717) is 0 Å². The van der Waals surface area contributed by atoms with Crippen molar-refractivity contribution >= 4 is 11.7 Å². The summed E-state index contributed by atoms with van der Waals surface area (Å²) in [5.41, 5.74) is -0.143. The topological polar surface area (TPSA) is 101 Å². The largest absolute Gasteiger partial charge is 0.479 e. The van der Waals surface area contributed by atoms with E-state index < -0.39 is 16.5 Å². The first kappa shape index (κ1) is 14.7. The minimum absolute atomic E-state index is 0.00387. The van der Waals surface area contributed by atoms with Gasteiger partial charge in [0.15, 0.2) is 5.60 Å². The Morgan fingerprint density at radius 2 is 1.48 bits per heavy atom. The summed E-state index contributed by atoms with van der Waals surface area (Å²) in [6.45, 7) is 1.20. The standard InChI is InChI=1S/C15H13NO5/c1-15(19,14(17)18)12-6-2-10(3-7-12)11-4-8-13(9-5-11)16(20)21/h2-9,19H,1H3,(H,17,18). The summed E-state index contributed by atoms with van der Waals surface area (Å²) < 4.78 is 0. The second-order valence-electron chi connectivity index (χ2n) is 4.76. The molecule has 0 fully saturated rings. The number of aliphatic hydroxyl groups is 1. The first-order valence-electron chi connectivity index (χ1n) is 6.13. The number of carboxylic acids is 1. The van der Waals surface area contributed by atoms with Crippen LogP contribution in [0.25, 0.3) is 11.1 Å². The van der Waals surface area contributed by atoms with E-state index in [1.165, 1.54) is 31.2 Å². The Balaban J connectivity index is 2.31. The summed E-state index contributed by atoms with van der Waals surface area (Å²) in [7, 11) is 0. The predicted octanol–water partition coefficient (Wildman–Crippen LogP) is 2.55. The van der Waals surface area contributed by atoms with E-state index in [1.807, 2.05) is 0 Å². The highest BCUT2D eigenvalue weighted by atomic mass is 16.6. The Labute approximate surface area is 120 Å². The number of aliphatic carboxylic acids is 1. The normalized spacial score (nSPS) is 13.4. The molecule has 2 rings (SSSR count). The molecular weight excluding hydrogens is 274 g/mol. The van der Waals surface area contributed by atoms with Gasteiger partial charge in [0, 0.05) is 12.1 Å². The molecule has 0 aliphatic carbocycles. The van der Waals surface area contributed by atoms with Gasteiger partial charge in [0.05, 0.1) is 4.92 Å². The molecule has 2 aromatic carbocycles. The maximum atomic E-state index is 11.0. The third kappa shape index (κ3) is 2.90. The Kier molecular flexibility index (Phi) is 3.73. The van der Waals surface area contributed by atoms with Gasteiger partial charge in [-0.05, 0) is 35.7 Å². The van der Waals surface area contributed by atoms with Gasteiger partial charge in [0.25, 0.3) is 5.69 Å². The minimum Gasteiger partial charge on any atom is -0.479 e. The highest BCUT2D eigenvalue weighted by molar-refractivity contribution is 5.79. The van der Waals surface area contributed by atoms with Gasteiger partial charge in [-0.25, -0.2) is 4.79 Å². The molecule has 0 radical (unpaired) electrons. The van der Waals surface area contributed by atoms with Crippen LogP contribution in [-0.4, -0.2) is 21.1 Å². The van der Waals surface area contributed by atoms with Crippen molar-refractivity contribution < 1.29 is 19.9 Å². The fourth-order valence-electron chi connectivity index (χ4n) is 1.89. The zero-order chi connectivity index (χ0) is 15.6. The number of nitro benzene ring substituents is 1. The van der Waals surface area contributed by atoms with Gasteiger partial charge in [0.1, 0.15) is 0 Å². The Morgan fingerprint density at radius 1 is 1.05 bits per heavy atom. The molecule has 0 bridgehead atoms. The van der Waals surface area contributed by atoms with Crippen LogP contribution in [0.5, 0.6) is 0 Å². The van der Waals surface area contributed by atoms with Crippen LogP contribution >= 0.6 is 0 Å². The summed E-state index contributed by atoms with van der Waals surface area (Å²) in [5, 5.41) is 29.4. The van der Waals surface area contributed by atoms with Crippen LogP contribution in [0, 0.1) is 10.1 Å². The van der Waals surface area contributed by atoms with E-state index in [2.05, 4.69) is 0 Å². The van der Waals surface area contributed by atoms with Gasteiger partial charge in [0.2, 0.25) is 0 Å². The van der Waals surface area contributed by atoms with Crippen molar-refractivity contribution in [3.8, 4) is 11.1 Å². The summed E-state index contributed by atoms with van der Waals surface area (Å²) in [4.78, 5) is 21.1. The van der Waals surface area contributed by atoms with Crippen molar-refractivity contribution in [2.45, 2.75) is 12.5 Å². The van der Waals surface area contributed by atoms with E-state index in [0.717, 1.165) is 11.1 Å². The number of carboxylic acid groups (broad SMARTS) is 1. The summed E-state index contributed by atoms with van der Waals surface area (Å²) in [5.74, 6) is -1.33. The van der Waals surface area contributed by atoms with Crippen LogP contribution < -0.4 is 0 Å². The molecule has 0 saturated carbocycles. The van der Waals surface area contributed by atoms with E-state index in [4.69, 9.17) is 5.11 Å². The summed E-state index contributed by atoms with van der Waals surface area (Å²) in [6.07, 6.45) is 0. The summed E-state index contributed by atoms with van der Waals surface area (Å²) in [6, 6.07) is 12.4. The maximum absolute atomic E-state index is 11.0. The molecule has 21 heavy (non-hydrogen) atoms. The van der Waals surface area contributed by atoms with E-state index >= 15 is 0 Å². The maximum Gasteiger partial charge on any atom is 0.340 e. The minimum atomic E-state index is -1.95. The number of benzene rings is 2. The van der Waals surface area contributed by atoms with Crippen molar-refractivity contribution in [2.75, 3.05) is 0 Å². The average molecular weight is 287 g/mol. The Bertz CT molecular complexity index is 674. The molecule has 0 aliphatic rings. The van der Waals surface area contributed by atoms with Gasteiger partial charge in [-0.1, -0.05) is 24.3 Å². The molecule has 0 spiro atoms. The van der Waals surface area contributed by atoms with Gasteiger partial charge in [-0.15, -0.1) is 0 Å². The van der Waals surface area contributed by atoms with Crippen molar-refractivity contribution in [2.24, 2.45) is 0 Å². The second-order valence-corrected chi connectivity index (χ2v) is 4.76. The number of carbonyl (C=O) groups is 1. The van der Waals surface area contributed by atoms with Crippen LogP contribution in [-0.2, 0) is 10.4 Å². The molecule has 2 aromatic rings. The lowest BCUT2D eigenvalue weighted by atomic mass is 9.94. The van der Waals surface area contributed by atoms with Gasteiger partial charge < -0.3 is 10.2 Å². The van der Waals surface area contributed by atoms with Crippen LogP contribution in [0.2, 0.25) is 0 Å². The number of rotatable bonds is 4. The molecule has 0 heterocycles. The van der Waals surface area contributed by atoms with Crippen molar-refractivity contribution in [3.05, 3.63) is 64.2 Å². The smallest absolute Gasteiger partial charge is 0.340 e. The van der Waals surface area contributed by atoms with Crippen molar-refractivity contribution in [1.29, 1.82) is 0 Å². The fourth-order valence-corrected chi connectivity index (χ4v) is 1.89. The van der Waals surface area contributed by atoms with Crippen molar-refractivity contribution in [3.63, 3.8) is 0 Å². The molecule has 108 valence electrons. The molecule has 0 aromatic heterocycles. The van der Waals surface area contributed by atoms with Crippen LogP contribution in [0.4, 0.5) is 5.69 Å². The third-order valence-corrected chi connectivity index (χ3v) is 3.27. The van der Waals surface area contributed by atoms with Gasteiger partial charge >= 0.3 is 5.97 Å². The first-order chi connectivity index (χ1) is 9.82. The molecule has 6 nitrogen and oxygen atoms in total. The molecule has 1 unspecified atom stereocenters. The molecule has 6 heteroatoms. The number of nitro groups is 1. The summed E-state index contributed by atoms with van der Waals surface area (Å²) >= 11 is 0. The van der Waals surface area contributed by atoms with Crippen LogP contribution in [0.15, 0.2) is 48.5 Å². The van der Waals surface area contributed by atoms with Crippen LogP contribution in [0.3, 0.4) is 0 Å². The SMILES string of the molecule is CC(O)(C(=O)O)c1ccc(-c2ccc([N+](=O)[O-])cc2)cc1. The highest BCUT2D eigenvalue weighted by Gasteiger charge is 2.31. The number of hydrogen-bond acceptors (Lipinski definition) is 4. The van der Waals surface area contributed by atoms with E-state index in [9.17, 15) is 20.0 Å². The van der Waals surface area contributed by atoms with Crippen LogP contribution in [0.1, 0.15) is 12.5 Å². The lowest BCUT2D eigenvalue weighted by Gasteiger charge is -2.18.